The summed E-state index contributed by atoms with van der Waals surface area (Å²) in [6, 6.07) is 8.27. The number of rotatable bonds is 21. The van der Waals surface area contributed by atoms with Gasteiger partial charge in [0, 0.05) is 46.3 Å². The molecule has 0 aromatic heterocycles. The first-order valence-corrected chi connectivity index (χ1v) is 20.7. The number of likely N-dealkylation sites (N-methyl/N-ethyl adjacent to an activating group) is 1. The number of carbonyl (C=O) groups is 4. The van der Waals surface area contributed by atoms with Crippen LogP contribution in [0.2, 0.25) is 0 Å². The molecule has 4 atom stereocenters. The molecule has 0 spiro atoms. The summed E-state index contributed by atoms with van der Waals surface area (Å²) in [4.78, 5) is 60.1. The van der Waals surface area contributed by atoms with Crippen molar-refractivity contribution >= 4 is 23.8 Å². The Morgan fingerprint density at radius 2 is 1.70 bits per heavy atom. The summed E-state index contributed by atoms with van der Waals surface area (Å²) < 4.78 is 17.4. The highest BCUT2D eigenvalue weighted by Crippen LogP contribution is 2.40. The molecule has 314 valence electrons. The van der Waals surface area contributed by atoms with E-state index in [9.17, 15) is 19.5 Å². The van der Waals surface area contributed by atoms with Crippen molar-refractivity contribution in [2.24, 2.45) is 23.7 Å². The molecular weight excluding hydrogens is 716 g/mol. The fraction of sp³-hybridized carbons (Fsp3) is 0.738. The van der Waals surface area contributed by atoms with Gasteiger partial charge in [-0.1, -0.05) is 89.6 Å². The van der Waals surface area contributed by atoms with Gasteiger partial charge in [0.2, 0.25) is 11.8 Å². The van der Waals surface area contributed by atoms with Crippen molar-refractivity contribution in [3.63, 3.8) is 0 Å². The monoisotopic (exact) mass is 785 g/mol. The molecule has 3 rings (SSSR count). The molecule has 56 heavy (non-hydrogen) atoms. The normalized spacial score (nSPS) is 17.9. The molecule has 0 radical (unpaired) electrons. The molecule has 1 aromatic carbocycles. The molecule has 1 aromatic rings. The minimum atomic E-state index is -1.83. The third-order valence-corrected chi connectivity index (χ3v) is 11.4. The van der Waals surface area contributed by atoms with E-state index in [0.29, 0.717) is 56.7 Å². The van der Waals surface area contributed by atoms with Gasteiger partial charge >= 0.3 is 6.03 Å². The number of piperidine rings is 1. The zero-order valence-corrected chi connectivity index (χ0v) is 34.7. The number of likely N-dealkylation sites (tertiary alicyclic amines) is 1. The van der Waals surface area contributed by atoms with Gasteiger partial charge in [-0.2, -0.15) is 5.26 Å². The topological polar surface area (TPSA) is 174 Å². The Bertz CT molecular complexity index is 1400. The number of nitrogens with one attached hydrogen (secondary N) is 2. The molecule has 14 nitrogen and oxygen atoms in total. The largest absolute Gasteiger partial charge is 0.393 e. The van der Waals surface area contributed by atoms with Crippen molar-refractivity contribution in [1.82, 2.24) is 25.6 Å². The van der Waals surface area contributed by atoms with Crippen LogP contribution in [0.3, 0.4) is 0 Å². The smallest absolute Gasteiger partial charge is 0.330 e. The summed E-state index contributed by atoms with van der Waals surface area (Å²) in [6.07, 6.45) is 10.7. The number of nitriles is 1. The first-order chi connectivity index (χ1) is 26.9. The molecule has 2 aliphatic rings. The van der Waals surface area contributed by atoms with Crippen molar-refractivity contribution in [3.05, 3.63) is 35.9 Å². The van der Waals surface area contributed by atoms with Crippen molar-refractivity contribution in [1.29, 1.82) is 5.26 Å². The lowest BCUT2D eigenvalue weighted by Gasteiger charge is -2.43. The van der Waals surface area contributed by atoms with Crippen LogP contribution in [0.5, 0.6) is 0 Å². The number of aliphatic hydroxyl groups is 1. The number of methoxy groups -OCH3 is 1. The van der Waals surface area contributed by atoms with Crippen LogP contribution in [-0.4, -0.2) is 110 Å². The Kier molecular flexibility index (Phi) is 20.1. The highest BCUT2D eigenvalue weighted by atomic mass is 16.7. The van der Waals surface area contributed by atoms with Crippen LogP contribution in [0.1, 0.15) is 110 Å². The maximum absolute atomic E-state index is 15.2. The Labute approximate surface area is 334 Å². The Balaban J connectivity index is 2.01. The van der Waals surface area contributed by atoms with E-state index in [0.717, 1.165) is 19.3 Å². The predicted octanol–water partition coefficient (Wildman–Crippen LogP) is 5.31. The lowest BCUT2D eigenvalue weighted by molar-refractivity contribution is -0.176. The van der Waals surface area contributed by atoms with E-state index in [1.807, 2.05) is 26.8 Å². The second kappa shape index (κ2) is 24.1. The van der Waals surface area contributed by atoms with E-state index in [4.69, 9.17) is 19.5 Å². The molecule has 1 aliphatic heterocycles. The number of nitrogens with zero attached hydrogens (tertiary/aromatic N) is 4. The molecule has 0 bridgehead atoms. The summed E-state index contributed by atoms with van der Waals surface area (Å²) in [6.45, 7) is 8.53. The molecule has 1 saturated heterocycles. The third-order valence-electron chi connectivity index (χ3n) is 11.4. The minimum Gasteiger partial charge on any atom is -0.393 e. The predicted molar refractivity (Wildman–Crippen MR) is 212 cm³/mol. The van der Waals surface area contributed by atoms with Crippen LogP contribution in [0.4, 0.5) is 4.79 Å². The lowest BCUT2D eigenvalue weighted by atomic mass is 9.76. The highest BCUT2D eigenvalue weighted by Gasteiger charge is 2.53. The SMILES string of the molecule is CCCC(C(=O)N1CCC(OCOC)CC1)[C@@](OCC)(C(=O)NN(CCN(C)C(=O)NC#N)C(=O)[C@@H](C[C@@H](O)CCC1CCCCC1)C(C)C)c1ccccc1. The number of hydrogen-bond donors (Lipinski definition) is 3. The van der Waals surface area contributed by atoms with Crippen LogP contribution >= 0.6 is 0 Å². The van der Waals surface area contributed by atoms with Crippen LogP contribution in [-0.2, 0) is 34.2 Å². The molecule has 5 amide bonds. The number of urea groups is 1. The summed E-state index contributed by atoms with van der Waals surface area (Å²) in [5.41, 5.74) is 1.54. The van der Waals surface area contributed by atoms with E-state index in [2.05, 4.69) is 10.7 Å². The molecule has 2 fully saturated rings. The van der Waals surface area contributed by atoms with Crippen molar-refractivity contribution in [2.45, 2.75) is 123 Å². The van der Waals surface area contributed by atoms with Gasteiger partial charge in [0.25, 0.3) is 5.91 Å². The van der Waals surface area contributed by atoms with Gasteiger partial charge in [-0.15, -0.1) is 0 Å². The van der Waals surface area contributed by atoms with Gasteiger partial charge in [0.1, 0.15) is 6.79 Å². The fourth-order valence-electron chi connectivity index (χ4n) is 8.17. The van der Waals surface area contributed by atoms with Crippen LogP contribution in [0.25, 0.3) is 0 Å². The quantitative estimate of drug-likeness (QED) is 0.0646. The first-order valence-electron chi connectivity index (χ1n) is 20.7. The van der Waals surface area contributed by atoms with Gasteiger partial charge in [-0.3, -0.25) is 24.8 Å². The minimum absolute atomic E-state index is 0.0288. The second-order valence-corrected chi connectivity index (χ2v) is 15.7. The van der Waals surface area contributed by atoms with Gasteiger partial charge in [-0.25, -0.2) is 10.1 Å². The zero-order valence-electron chi connectivity index (χ0n) is 34.7. The molecule has 1 saturated carbocycles. The highest BCUT2D eigenvalue weighted by molar-refractivity contribution is 5.95. The van der Waals surface area contributed by atoms with Gasteiger partial charge in [-0.05, 0) is 62.8 Å². The molecular formula is C42H68N6O8. The van der Waals surface area contributed by atoms with Crippen molar-refractivity contribution < 1.29 is 38.5 Å². The van der Waals surface area contributed by atoms with E-state index >= 15 is 4.79 Å². The molecule has 1 aliphatic carbocycles. The van der Waals surface area contributed by atoms with Crippen molar-refractivity contribution in [2.75, 3.05) is 53.7 Å². The third kappa shape index (κ3) is 13.1. The fourth-order valence-corrected chi connectivity index (χ4v) is 8.17. The number of hydrazine groups is 1. The number of aliphatic hydroxyl groups excluding tert-OH is 1. The molecule has 1 heterocycles. The van der Waals surface area contributed by atoms with E-state index < -0.39 is 41.4 Å². The summed E-state index contributed by atoms with van der Waals surface area (Å²) >= 11 is 0. The van der Waals surface area contributed by atoms with Gasteiger partial charge in [0.05, 0.1) is 24.7 Å². The van der Waals surface area contributed by atoms with E-state index in [-0.39, 0.29) is 50.8 Å². The molecule has 14 heteroatoms. The number of carbonyl (C=O) groups excluding carboxylic acids is 4. The molecule has 3 N–H and O–H groups in total. The maximum Gasteiger partial charge on any atom is 0.330 e. The van der Waals surface area contributed by atoms with Crippen LogP contribution in [0, 0.1) is 35.1 Å². The first kappa shape index (κ1) is 46.6. The second-order valence-electron chi connectivity index (χ2n) is 15.7. The van der Waals surface area contributed by atoms with Gasteiger partial charge < -0.3 is 29.1 Å². The standard InChI is InChI=1S/C42H68N6O8/c1-7-15-37(39(51)47-24-22-35(23-25-47)55-30-54-6)42(56-8-2,33-18-13-10-14-19-33)40(52)45-48(27-26-46(5)41(53)44-29-43)38(50)36(31(3)4)28-34(49)21-20-32-16-11-9-12-17-32/h10,13-14,18-19,31-32,34-37,49H,7-9,11-12,15-17,20-28,30H2,1-6H3,(H,44,53)(H,45,52)/t34-,36-,37?,42+/m0/s1. The number of ether oxygens (including phenoxy) is 3. The van der Waals surface area contributed by atoms with E-state index in [1.54, 1.807) is 49.4 Å². The average molecular weight is 785 g/mol. The number of hydrogen-bond acceptors (Lipinski definition) is 9. The Morgan fingerprint density at radius 3 is 2.29 bits per heavy atom. The van der Waals surface area contributed by atoms with Crippen LogP contribution in [0.15, 0.2) is 30.3 Å². The molecule has 1 unspecified atom stereocenters. The lowest BCUT2D eigenvalue weighted by Crippen LogP contribution is -2.62. The van der Waals surface area contributed by atoms with E-state index in [1.165, 1.54) is 36.2 Å². The van der Waals surface area contributed by atoms with Crippen molar-refractivity contribution in [3.8, 4) is 6.19 Å². The van der Waals surface area contributed by atoms with Gasteiger partial charge in [0.15, 0.2) is 11.8 Å². The summed E-state index contributed by atoms with van der Waals surface area (Å²) in [5, 5.41) is 23.6. The Hall–Kier alpha value is -3.77. The maximum atomic E-state index is 15.2. The summed E-state index contributed by atoms with van der Waals surface area (Å²) in [5.74, 6) is -2.56. The Morgan fingerprint density at radius 1 is 1.02 bits per heavy atom. The average Bonchev–Trinajstić information content (AvgIpc) is 3.21. The number of amides is 5. The summed E-state index contributed by atoms with van der Waals surface area (Å²) in [7, 11) is 3.06. The number of benzene rings is 1. The zero-order chi connectivity index (χ0) is 41.1. The van der Waals surface area contributed by atoms with Crippen LogP contribution < -0.4 is 10.7 Å².